The van der Waals surface area contributed by atoms with Crippen molar-refractivity contribution in [1.29, 1.82) is 0 Å². The maximum atomic E-state index is 13.8. The van der Waals surface area contributed by atoms with Gasteiger partial charge in [0.05, 0.1) is 14.9 Å². The van der Waals surface area contributed by atoms with Crippen molar-refractivity contribution in [2.45, 2.75) is 50.9 Å². The highest BCUT2D eigenvalue weighted by Gasteiger charge is 2.40. The van der Waals surface area contributed by atoms with E-state index in [9.17, 15) is 4.79 Å². The molecule has 6 rings (SSSR count). The number of nitrogens with zero attached hydrogens (tertiary/aromatic N) is 2. The summed E-state index contributed by atoms with van der Waals surface area (Å²) in [6.45, 7) is 4.70. The third-order valence-electron chi connectivity index (χ3n) is 7.89. The Bertz CT molecular complexity index is 1450. The molecule has 1 unspecified atom stereocenters. The van der Waals surface area contributed by atoms with Crippen LogP contribution in [0.5, 0.6) is 10.9 Å². The van der Waals surface area contributed by atoms with Crippen molar-refractivity contribution < 1.29 is 14.3 Å². The number of ether oxygens (including phenoxy) is 2. The van der Waals surface area contributed by atoms with Crippen LogP contribution in [0.2, 0.25) is 15.1 Å². The summed E-state index contributed by atoms with van der Waals surface area (Å²) in [4.78, 5) is 21.4. The smallest absolute Gasteiger partial charge is 0.273 e. The molecule has 42 heavy (non-hydrogen) atoms. The van der Waals surface area contributed by atoms with Crippen LogP contribution in [0.4, 0.5) is 0 Å². The predicted octanol–water partition coefficient (Wildman–Crippen LogP) is 6.39. The number of thiazole rings is 1. The number of aryl methyl sites for hydroxylation is 1. The lowest BCUT2D eigenvalue weighted by atomic mass is 9.81. The Labute approximate surface area is 265 Å². The Balaban J connectivity index is 1.13. The fourth-order valence-corrected chi connectivity index (χ4v) is 7.48. The first-order valence-electron chi connectivity index (χ1n) is 14.2. The molecule has 0 radical (unpaired) electrons. The monoisotopic (exact) mass is 646 g/mol. The number of halogens is 3. The number of aromatic nitrogens is 1. The second-order valence-corrected chi connectivity index (χ2v) is 13.3. The molecule has 1 saturated heterocycles. The highest BCUT2D eigenvalue weighted by molar-refractivity contribution is 7.14. The number of piperazine rings is 1. The van der Waals surface area contributed by atoms with Gasteiger partial charge in [-0.25, -0.2) is 4.98 Å². The molecule has 2 aliphatic heterocycles. The Morgan fingerprint density at radius 2 is 1.83 bits per heavy atom. The van der Waals surface area contributed by atoms with Crippen molar-refractivity contribution in [2.75, 3.05) is 26.3 Å². The van der Waals surface area contributed by atoms with E-state index in [-0.39, 0.29) is 36.6 Å². The van der Waals surface area contributed by atoms with E-state index in [0.717, 1.165) is 47.5 Å². The molecule has 3 aliphatic rings. The zero-order chi connectivity index (χ0) is 29.2. The average molecular weight is 648 g/mol. The van der Waals surface area contributed by atoms with Crippen LogP contribution in [-0.4, -0.2) is 60.2 Å². The second-order valence-electron chi connectivity index (χ2n) is 11.1. The van der Waals surface area contributed by atoms with E-state index >= 15 is 0 Å². The highest BCUT2D eigenvalue weighted by Crippen LogP contribution is 2.40. The van der Waals surface area contributed by atoms with Gasteiger partial charge in [0.25, 0.3) is 5.19 Å². The summed E-state index contributed by atoms with van der Waals surface area (Å²) in [6.07, 6.45) is 6.60. The molecule has 2 bridgehead atoms. The summed E-state index contributed by atoms with van der Waals surface area (Å²) in [7, 11) is 0. The van der Waals surface area contributed by atoms with E-state index in [1.54, 1.807) is 0 Å². The van der Waals surface area contributed by atoms with E-state index in [2.05, 4.69) is 21.7 Å². The van der Waals surface area contributed by atoms with Gasteiger partial charge in [0.2, 0.25) is 5.91 Å². The van der Waals surface area contributed by atoms with Crippen molar-refractivity contribution >= 4 is 57.6 Å². The number of amides is 1. The Kier molecular flexibility index (Phi) is 9.29. The van der Waals surface area contributed by atoms with E-state index in [4.69, 9.17) is 44.3 Å². The van der Waals surface area contributed by atoms with Crippen molar-refractivity contribution in [3.8, 4) is 10.9 Å². The third-order valence-corrected chi connectivity index (χ3v) is 9.78. The molecule has 3 heterocycles. The van der Waals surface area contributed by atoms with Crippen LogP contribution in [-0.2, 0) is 11.3 Å². The van der Waals surface area contributed by atoms with E-state index in [1.165, 1.54) is 11.3 Å². The number of hydrogen-bond donors (Lipinski definition) is 2. The summed E-state index contributed by atoms with van der Waals surface area (Å²) in [5, 5.41) is 9.43. The highest BCUT2D eigenvalue weighted by atomic mass is 35.5. The van der Waals surface area contributed by atoms with Crippen LogP contribution in [0.1, 0.15) is 35.3 Å². The molecule has 2 aromatic carbocycles. The van der Waals surface area contributed by atoms with Crippen molar-refractivity contribution in [1.82, 2.24) is 20.5 Å². The maximum absolute atomic E-state index is 13.8. The Morgan fingerprint density at radius 3 is 2.60 bits per heavy atom. The molecule has 0 spiro atoms. The molecular formula is C31H33Cl3N4O3S. The lowest BCUT2D eigenvalue weighted by molar-refractivity contribution is -0.133. The van der Waals surface area contributed by atoms with Gasteiger partial charge in [-0.3, -0.25) is 4.79 Å². The first kappa shape index (κ1) is 29.7. The van der Waals surface area contributed by atoms with Crippen LogP contribution in [0.3, 0.4) is 0 Å². The minimum atomic E-state index is 0.0106. The zero-order valence-corrected chi connectivity index (χ0v) is 26.3. The van der Waals surface area contributed by atoms with Crippen LogP contribution in [0.15, 0.2) is 48.7 Å². The average Bonchev–Trinajstić information content (AvgIpc) is 3.70. The van der Waals surface area contributed by atoms with Crippen molar-refractivity contribution in [3.63, 3.8) is 0 Å². The normalized spacial score (nSPS) is 21.5. The summed E-state index contributed by atoms with van der Waals surface area (Å²) in [5.74, 6) is 0.622. The minimum absolute atomic E-state index is 0.0106. The number of carbonyl (C=O) groups is 1. The van der Waals surface area contributed by atoms with Crippen molar-refractivity contribution in [2.24, 2.45) is 5.92 Å². The Morgan fingerprint density at radius 1 is 1.07 bits per heavy atom. The standard InChI is InChI=1S/C31H33Cl3N4O3S/c1-18-10-25(33)30(26(34)11-18)40-8-9-41-31-36-16-28(42-31)23-12-20-14-35-15-27(37-20)22(23)13-29(39)38(21-6-7-21)17-19-4-2-3-5-24(19)32/h2-5,10-12,16,20-22,27,35,37H,6-9,13-15,17H2,1H3/t20-,22?,27-/m1/s1. The Hall–Kier alpha value is -2.33. The molecular weight excluding hydrogens is 615 g/mol. The largest absolute Gasteiger partial charge is 0.487 e. The summed E-state index contributed by atoms with van der Waals surface area (Å²) >= 11 is 20.5. The molecule has 1 aromatic heterocycles. The van der Waals surface area contributed by atoms with E-state index in [1.807, 2.05) is 54.4 Å². The number of nitrogens with one attached hydrogen (secondary N) is 2. The molecule has 1 aliphatic carbocycles. The fourth-order valence-electron chi connectivity index (χ4n) is 5.70. The molecule has 3 aromatic rings. The molecule has 1 saturated carbocycles. The second kappa shape index (κ2) is 13.1. The predicted molar refractivity (Wildman–Crippen MR) is 169 cm³/mol. The summed E-state index contributed by atoms with van der Waals surface area (Å²) in [5.41, 5.74) is 3.11. The zero-order valence-electron chi connectivity index (χ0n) is 23.2. The molecule has 2 fully saturated rings. The first-order valence-corrected chi connectivity index (χ1v) is 16.2. The first-order chi connectivity index (χ1) is 20.4. The molecule has 11 heteroatoms. The SMILES string of the molecule is Cc1cc(Cl)c(OCCOc2ncc(C3=C[C@@H]4CNC[C@@H](N4)C3CC(=O)N(Cc3ccccc3Cl)C3CC3)s2)c(Cl)c1. The third kappa shape index (κ3) is 6.90. The van der Waals surface area contributed by atoms with Gasteiger partial charge < -0.3 is 25.0 Å². The minimum Gasteiger partial charge on any atom is -0.487 e. The quantitative estimate of drug-likeness (QED) is 0.235. The lowest BCUT2D eigenvalue weighted by Crippen LogP contribution is -2.60. The number of hydrogen-bond acceptors (Lipinski definition) is 7. The van der Waals surface area contributed by atoms with Gasteiger partial charge in [-0.05, 0) is 54.7 Å². The molecule has 7 nitrogen and oxygen atoms in total. The molecule has 222 valence electrons. The maximum Gasteiger partial charge on any atom is 0.273 e. The topological polar surface area (TPSA) is 75.7 Å². The van der Waals surface area contributed by atoms with Gasteiger partial charge >= 0.3 is 0 Å². The van der Waals surface area contributed by atoms with Crippen LogP contribution in [0.25, 0.3) is 5.57 Å². The van der Waals surface area contributed by atoms with Gasteiger partial charge in [0.15, 0.2) is 5.75 Å². The lowest BCUT2D eigenvalue weighted by Gasteiger charge is -2.41. The van der Waals surface area contributed by atoms with Gasteiger partial charge in [0, 0.05) is 61.3 Å². The number of rotatable bonds is 11. The van der Waals surface area contributed by atoms with Crippen LogP contribution < -0.4 is 20.1 Å². The van der Waals surface area contributed by atoms with Gasteiger partial charge in [0.1, 0.15) is 13.2 Å². The van der Waals surface area contributed by atoms with E-state index in [0.29, 0.717) is 45.6 Å². The number of benzene rings is 2. The number of fused-ring (bicyclic) bond motifs is 2. The van der Waals surface area contributed by atoms with Gasteiger partial charge in [-0.2, -0.15) is 0 Å². The molecule has 1 amide bonds. The van der Waals surface area contributed by atoms with Crippen LogP contribution >= 0.6 is 46.1 Å². The van der Waals surface area contributed by atoms with E-state index < -0.39 is 0 Å². The van der Waals surface area contributed by atoms with Crippen LogP contribution in [0, 0.1) is 12.8 Å². The van der Waals surface area contributed by atoms with Crippen molar-refractivity contribution in [3.05, 3.63) is 79.7 Å². The fraction of sp³-hybridized carbons (Fsp3) is 0.419. The molecule has 3 atom stereocenters. The summed E-state index contributed by atoms with van der Waals surface area (Å²) < 4.78 is 11.7. The van der Waals surface area contributed by atoms with Gasteiger partial charge in [-0.1, -0.05) is 70.4 Å². The number of carbonyl (C=O) groups excluding carboxylic acids is 1. The summed E-state index contributed by atoms with van der Waals surface area (Å²) in [6, 6.07) is 12.0. The molecule has 2 N–H and O–H groups in total. The van der Waals surface area contributed by atoms with Gasteiger partial charge in [-0.15, -0.1) is 0 Å².